The molecule has 4 rings (SSSR count). The zero-order valence-corrected chi connectivity index (χ0v) is 17.0. The number of nitrogens with two attached hydrogens (primary N) is 1. The Morgan fingerprint density at radius 3 is 2.80 bits per heavy atom. The molecule has 154 valence electrons. The number of rotatable bonds is 5. The fourth-order valence-corrected chi connectivity index (χ4v) is 3.41. The first kappa shape index (κ1) is 19.8. The molecule has 0 aliphatic carbocycles. The van der Waals surface area contributed by atoms with Gasteiger partial charge in [-0.05, 0) is 50.2 Å². The average Bonchev–Trinajstić information content (AvgIpc) is 3.06. The Labute approximate surface area is 173 Å². The summed E-state index contributed by atoms with van der Waals surface area (Å²) in [5.41, 5.74) is 9.11. The van der Waals surface area contributed by atoms with Crippen molar-refractivity contribution in [2.75, 3.05) is 17.2 Å². The highest BCUT2D eigenvalue weighted by Crippen LogP contribution is 2.27. The van der Waals surface area contributed by atoms with E-state index in [1.54, 1.807) is 25.4 Å². The number of aryl methyl sites for hydroxylation is 2. The Kier molecular flexibility index (Phi) is 5.09. The number of amides is 1. The van der Waals surface area contributed by atoms with Crippen molar-refractivity contribution in [1.82, 2.24) is 14.8 Å². The highest BCUT2D eigenvalue weighted by atomic mass is 19.1. The van der Waals surface area contributed by atoms with Crippen LogP contribution in [0.1, 0.15) is 23.0 Å². The molecule has 0 saturated heterocycles. The van der Waals surface area contributed by atoms with Gasteiger partial charge in [-0.3, -0.25) is 14.5 Å². The summed E-state index contributed by atoms with van der Waals surface area (Å²) in [6, 6.07) is 10.3. The molecule has 1 amide bonds. The molecule has 2 aromatic heterocycles. The van der Waals surface area contributed by atoms with Gasteiger partial charge in [0.2, 0.25) is 0 Å². The Morgan fingerprint density at radius 1 is 1.23 bits per heavy atom. The fourth-order valence-electron chi connectivity index (χ4n) is 3.41. The number of benzene rings is 2. The van der Waals surface area contributed by atoms with Crippen LogP contribution in [0.4, 0.5) is 15.8 Å². The zero-order valence-electron chi connectivity index (χ0n) is 17.0. The maximum atomic E-state index is 14.4. The Hall–Kier alpha value is -3.52. The van der Waals surface area contributed by atoms with Crippen LogP contribution in [0.3, 0.4) is 0 Å². The molecular weight excluding hydrogens is 383 g/mol. The van der Waals surface area contributed by atoms with Crippen LogP contribution in [-0.4, -0.2) is 33.3 Å². The van der Waals surface area contributed by atoms with Crippen molar-refractivity contribution in [2.24, 2.45) is 12.8 Å². The lowest BCUT2D eigenvalue weighted by molar-refractivity contribution is 0.102. The number of anilines is 2. The number of aromatic nitrogens is 3. The number of carbonyl (C=O) groups excluding carboxylic acids is 1. The molecule has 2 aromatic carbocycles. The van der Waals surface area contributed by atoms with E-state index in [0.29, 0.717) is 28.7 Å². The summed E-state index contributed by atoms with van der Waals surface area (Å²) >= 11 is 0. The third-order valence-electron chi connectivity index (χ3n) is 4.79. The molecular formula is C22H23FN6O. The first-order chi connectivity index (χ1) is 14.3. The molecule has 0 bridgehead atoms. The summed E-state index contributed by atoms with van der Waals surface area (Å²) in [5.74, 6) is -0.850. The maximum absolute atomic E-state index is 14.4. The molecule has 4 N–H and O–H groups in total. The molecule has 0 radical (unpaired) electrons. The lowest BCUT2D eigenvalue weighted by Gasteiger charge is -2.14. The summed E-state index contributed by atoms with van der Waals surface area (Å²) in [5, 5.41) is 11.6. The predicted octanol–water partition coefficient (Wildman–Crippen LogP) is 3.58. The second-order valence-electron chi connectivity index (χ2n) is 7.52. The topological polar surface area (TPSA) is 97.9 Å². The minimum Gasteiger partial charge on any atom is -0.383 e. The standard InChI is InChI=1S/C22H23FN6O/c1-12(24)10-25-19-7-6-17(21-16(19)5-4-13(2)26-21)22(30)27-15-8-14-11-29(3)28-20(14)18(23)9-15/h4-9,11-12,25H,10,24H2,1-3H3,(H,27,30)/t12-/m0/s1. The molecule has 0 fully saturated rings. The van der Waals surface area contributed by atoms with Gasteiger partial charge in [0.25, 0.3) is 5.91 Å². The highest BCUT2D eigenvalue weighted by molar-refractivity contribution is 6.14. The molecule has 0 saturated carbocycles. The van der Waals surface area contributed by atoms with Crippen LogP contribution in [0.15, 0.2) is 42.6 Å². The van der Waals surface area contributed by atoms with E-state index in [9.17, 15) is 9.18 Å². The van der Waals surface area contributed by atoms with Crippen LogP contribution in [-0.2, 0) is 7.05 Å². The smallest absolute Gasteiger partial charge is 0.257 e. The quantitative estimate of drug-likeness (QED) is 0.471. The van der Waals surface area contributed by atoms with E-state index in [1.165, 1.54) is 10.7 Å². The van der Waals surface area contributed by atoms with E-state index < -0.39 is 5.82 Å². The molecule has 4 aromatic rings. The maximum Gasteiger partial charge on any atom is 0.257 e. The van der Waals surface area contributed by atoms with Crippen molar-refractivity contribution < 1.29 is 9.18 Å². The minimum atomic E-state index is -0.488. The van der Waals surface area contributed by atoms with E-state index in [4.69, 9.17) is 5.73 Å². The fraction of sp³-hybridized carbons (Fsp3) is 0.227. The van der Waals surface area contributed by atoms with Gasteiger partial charge in [-0.2, -0.15) is 5.10 Å². The third kappa shape index (κ3) is 3.81. The number of hydrogen-bond donors (Lipinski definition) is 3. The number of pyridine rings is 1. The number of hydrogen-bond acceptors (Lipinski definition) is 5. The molecule has 0 spiro atoms. The lowest BCUT2D eigenvalue weighted by Crippen LogP contribution is -2.25. The van der Waals surface area contributed by atoms with E-state index >= 15 is 0 Å². The molecule has 0 unspecified atom stereocenters. The Balaban J connectivity index is 1.71. The number of nitrogens with zero attached hydrogens (tertiary/aromatic N) is 3. The van der Waals surface area contributed by atoms with Crippen molar-refractivity contribution in [3.63, 3.8) is 0 Å². The summed E-state index contributed by atoms with van der Waals surface area (Å²) in [6.07, 6.45) is 1.70. The van der Waals surface area contributed by atoms with E-state index in [1.807, 2.05) is 32.0 Å². The summed E-state index contributed by atoms with van der Waals surface area (Å²) in [6.45, 7) is 4.38. The van der Waals surface area contributed by atoms with Gasteiger partial charge in [0.15, 0.2) is 5.82 Å². The first-order valence-corrected chi connectivity index (χ1v) is 9.66. The monoisotopic (exact) mass is 406 g/mol. The van der Waals surface area contributed by atoms with E-state index in [-0.39, 0.29) is 17.5 Å². The van der Waals surface area contributed by atoms with Crippen LogP contribution in [0.2, 0.25) is 0 Å². The number of carbonyl (C=O) groups is 1. The van der Waals surface area contributed by atoms with Crippen molar-refractivity contribution >= 4 is 39.1 Å². The lowest BCUT2D eigenvalue weighted by atomic mass is 10.1. The third-order valence-corrected chi connectivity index (χ3v) is 4.79. The van der Waals surface area contributed by atoms with Gasteiger partial charge in [0, 0.05) is 53.7 Å². The van der Waals surface area contributed by atoms with Crippen LogP contribution >= 0.6 is 0 Å². The second-order valence-corrected chi connectivity index (χ2v) is 7.52. The number of nitrogens with one attached hydrogen (secondary N) is 2. The van der Waals surface area contributed by atoms with Gasteiger partial charge >= 0.3 is 0 Å². The van der Waals surface area contributed by atoms with Gasteiger partial charge < -0.3 is 16.4 Å². The summed E-state index contributed by atoms with van der Waals surface area (Å²) < 4.78 is 15.9. The molecule has 30 heavy (non-hydrogen) atoms. The van der Waals surface area contributed by atoms with E-state index in [0.717, 1.165) is 16.8 Å². The molecule has 0 aliphatic rings. The first-order valence-electron chi connectivity index (χ1n) is 9.66. The Morgan fingerprint density at radius 2 is 2.03 bits per heavy atom. The van der Waals surface area contributed by atoms with Crippen molar-refractivity contribution in [2.45, 2.75) is 19.9 Å². The van der Waals surface area contributed by atoms with Crippen molar-refractivity contribution in [3.8, 4) is 0 Å². The predicted molar refractivity (Wildman–Crippen MR) is 117 cm³/mol. The molecule has 8 heteroatoms. The molecule has 0 aliphatic heterocycles. The second kappa shape index (κ2) is 7.72. The van der Waals surface area contributed by atoms with Crippen LogP contribution in [0.25, 0.3) is 21.8 Å². The number of halogens is 1. The van der Waals surface area contributed by atoms with Gasteiger partial charge in [-0.25, -0.2) is 4.39 Å². The van der Waals surface area contributed by atoms with Crippen LogP contribution in [0, 0.1) is 12.7 Å². The largest absolute Gasteiger partial charge is 0.383 e. The van der Waals surface area contributed by atoms with Gasteiger partial charge in [0.1, 0.15) is 5.52 Å². The Bertz CT molecular complexity index is 1260. The SMILES string of the molecule is Cc1ccc2c(NC[C@H](C)N)ccc(C(=O)Nc3cc(F)c4nn(C)cc4c3)c2n1. The van der Waals surface area contributed by atoms with Crippen LogP contribution < -0.4 is 16.4 Å². The van der Waals surface area contributed by atoms with Gasteiger partial charge in [0.05, 0.1) is 11.1 Å². The molecule has 1 atom stereocenters. The average molecular weight is 406 g/mol. The minimum absolute atomic E-state index is 0.0151. The molecule has 2 heterocycles. The van der Waals surface area contributed by atoms with Gasteiger partial charge in [-0.15, -0.1) is 0 Å². The highest BCUT2D eigenvalue weighted by Gasteiger charge is 2.16. The van der Waals surface area contributed by atoms with Crippen LogP contribution in [0.5, 0.6) is 0 Å². The molecule has 7 nitrogen and oxygen atoms in total. The van der Waals surface area contributed by atoms with Crippen molar-refractivity contribution in [3.05, 3.63) is 59.7 Å². The van der Waals surface area contributed by atoms with Crippen molar-refractivity contribution in [1.29, 1.82) is 0 Å². The van der Waals surface area contributed by atoms with Gasteiger partial charge in [-0.1, -0.05) is 0 Å². The summed E-state index contributed by atoms with van der Waals surface area (Å²) in [7, 11) is 1.72. The zero-order chi connectivity index (χ0) is 21.4. The number of fused-ring (bicyclic) bond motifs is 2. The normalized spacial score (nSPS) is 12.3. The summed E-state index contributed by atoms with van der Waals surface area (Å²) in [4.78, 5) is 17.6. The van der Waals surface area contributed by atoms with E-state index in [2.05, 4.69) is 20.7 Å².